The van der Waals surface area contributed by atoms with E-state index in [2.05, 4.69) is 24.1 Å². The number of nitrogens with one attached hydrogen (secondary N) is 1. The van der Waals surface area contributed by atoms with Crippen LogP contribution in [-0.4, -0.2) is 49.7 Å². The van der Waals surface area contributed by atoms with Crippen LogP contribution in [0, 0.1) is 11.7 Å². The van der Waals surface area contributed by atoms with E-state index < -0.39 is 0 Å². The molecule has 1 aliphatic heterocycles. The Balaban J connectivity index is 1.75. The SMILES string of the molecule is CC(C)CN1CCOC(CNC(=O)Cc2ccccc2F)C1. The summed E-state index contributed by atoms with van der Waals surface area (Å²) in [6, 6.07) is 6.36. The van der Waals surface area contributed by atoms with Crippen molar-refractivity contribution >= 4 is 5.91 Å². The lowest BCUT2D eigenvalue weighted by atomic mass is 10.1. The predicted molar refractivity (Wildman–Crippen MR) is 84.1 cm³/mol. The van der Waals surface area contributed by atoms with Gasteiger partial charge in [-0.2, -0.15) is 0 Å². The molecular formula is C17H25FN2O2. The van der Waals surface area contributed by atoms with Gasteiger partial charge in [-0.3, -0.25) is 9.69 Å². The van der Waals surface area contributed by atoms with Gasteiger partial charge in [-0.05, 0) is 17.5 Å². The lowest BCUT2D eigenvalue weighted by Gasteiger charge is -2.33. The summed E-state index contributed by atoms with van der Waals surface area (Å²) in [6.07, 6.45) is 0.0758. The van der Waals surface area contributed by atoms with Crippen molar-refractivity contribution in [3.8, 4) is 0 Å². The number of carbonyl (C=O) groups is 1. The van der Waals surface area contributed by atoms with Crippen LogP contribution in [0.5, 0.6) is 0 Å². The van der Waals surface area contributed by atoms with Crippen molar-refractivity contribution in [1.29, 1.82) is 0 Å². The monoisotopic (exact) mass is 308 g/mol. The normalized spacial score (nSPS) is 19.4. The maximum absolute atomic E-state index is 13.5. The van der Waals surface area contributed by atoms with Crippen molar-refractivity contribution in [2.24, 2.45) is 5.92 Å². The summed E-state index contributed by atoms with van der Waals surface area (Å²) in [4.78, 5) is 14.3. The highest BCUT2D eigenvalue weighted by molar-refractivity contribution is 5.78. The van der Waals surface area contributed by atoms with E-state index in [9.17, 15) is 9.18 Å². The predicted octanol–water partition coefficient (Wildman–Crippen LogP) is 1.84. The molecule has 1 N–H and O–H groups in total. The topological polar surface area (TPSA) is 41.6 Å². The first-order chi connectivity index (χ1) is 10.5. The van der Waals surface area contributed by atoms with E-state index in [4.69, 9.17) is 4.74 Å². The van der Waals surface area contributed by atoms with Gasteiger partial charge >= 0.3 is 0 Å². The van der Waals surface area contributed by atoms with Crippen LogP contribution < -0.4 is 5.32 Å². The van der Waals surface area contributed by atoms with Crippen molar-refractivity contribution in [2.75, 3.05) is 32.8 Å². The van der Waals surface area contributed by atoms with Gasteiger partial charge in [-0.1, -0.05) is 32.0 Å². The molecule has 1 aromatic rings. The molecule has 1 aromatic carbocycles. The molecule has 0 radical (unpaired) electrons. The Bertz CT molecular complexity index is 493. The minimum absolute atomic E-state index is 0.0112. The van der Waals surface area contributed by atoms with Gasteiger partial charge in [-0.15, -0.1) is 0 Å². The van der Waals surface area contributed by atoms with Gasteiger partial charge in [-0.25, -0.2) is 4.39 Å². The Labute approximate surface area is 131 Å². The molecule has 2 rings (SSSR count). The number of morpholine rings is 1. The average Bonchev–Trinajstić information content (AvgIpc) is 2.47. The molecule has 122 valence electrons. The van der Waals surface area contributed by atoms with E-state index in [-0.39, 0.29) is 24.2 Å². The fourth-order valence-corrected chi connectivity index (χ4v) is 2.69. The number of hydrogen-bond donors (Lipinski definition) is 1. The van der Waals surface area contributed by atoms with Gasteiger partial charge in [0.05, 0.1) is 19.1 Å². The van der Waals surface area contributed by atoms with Crippen LogP contribution in [0.15, 0.2) is 24.3 Å². The van der Waals surface area contributed by atoms with Gasteiger partial charge in [0.1, 0.15) is 5.82 Å². The van der Waals surface area contributed by atoms with Gasteiger partial charge in [0, 0.05) is 26.2 Å². The summed E-state index contributed by atoms with van der Waals surface area (Å²) in [5.74, 6) is 0.110. The van der Waals surface area contributed by atoms with E-state index in [1.54, 1.807) is 18.2 Å². The Morgan fingerprint density at radius 2 is 2.23 bits per heavy atom. The van der Waals surface area contributed by atoms with Crippen LogP contribution in [0.3, 0.4) is 0 Å². The van der Waals surface area contributed by atoms with Crippen molar-refractivity contribution in [3.05, 3.63) is 35.6 Å². The summed E-state index contributed by atoms with van der Waals surface area (Å²) in [5, 5.41) is 2.84. The van der Waals surface area contributed by atoms with E-state index in [1.165, 1.54) is 6.07 Å². The number of hydrogen-bond acceptors (Lipinski definition) is 3. The molecule has 1 heterocycles. The van der Waals surface area contributed by atoms with E-state index in [0.29, 0.717) is 24.6 Å². The van der Waals surface area contributed by atoms with Crippen LogP contribution in [0.4, 0.5) is 4.39 Å². The van der Waals surface area contributed by atoms with E-state index in [0.717, 1.165) is 19.6 Å². The molecule has 22 heavy (non-hydrogen) atoms. The van der Waals surface area contributed by atoms with Gasteiger partial charge in [0.25, 0.3) is 0 Å². The molecule has 0 spiro atoms. The quantitative estimate of drug-likeness (QED) is 0.872. The van der Waals surface area contributed by atoms with E-state index in [1.807, 2.05) is 0 Å². The number of rotatable bonds is 6. The van der Waals surface area contributed by atoms with Crippen LogP contribution in [0.2, 0.25) is 0 Å². The Hall–Kier alpha value is -1.46. The zero-order valence-electron chi connectivity index (χ0n) is 13.3. The minimum Gasteiger partial charge on any atom is -0.374 e. The molecule has 1 fully saturated rings. The Morgan fingerprint density at radius 3 is 2.95 bits per heavy atom. The summed E-state index contributed by atoms with van der Waals surface area (Å²) in [6.45, 7) is 8.38. The van der Waals surface area contributed by atoms with Gasteiger partial charge in [0.2, 0.25) is 5.91 Å². The fraction of sp³-hybridized carbons (Fsp3) is 0.588. The third kappa shape index (κ3) is 5.39. The molecule has 0 bridgehead atoms. The average molecular weight is 308 g/mol. The molecule has 0 aliphatic carbocycles. The summed E-state index contributed by atoms with van der Waals surface area (Å²) in [7, 11) is 0. The smallest absolute Gasteiger partial charge is 0.224 e. The molecule has 1 unspecified atom stereocenters. The van der Waals surface area contributed by atoms with Crippen molar-refractivity contribution in [3.63, 3.8) is 0 Å². The van der Waals surface area contributed by atoms with Crippen LogP contribution >= 0.6 is 0 Å². The lowest BCUT2D eigenvalue weighted by molar-refractivity contribution is -0.121. The Kier molecular flexibility index (Phi) is 6.34. The summed E-state index contributed by atoms with van der Waals surface area (Å²) in [5.41, 5.74) is 0.422. The molecule has 5 heteroatoms. The van der Waals surface area contributed by atoms with Crippen LogP contribution in [0.1, 0.15) is 19.4 Å². The largest absolute Gasteiger partial charge is 0.374 e. The number of ether oxygens (including phenoxy) is 1. The highest BCUT2D eigenvalue weighted by Crippen LogP contribution is 2.09. The third-order valence-electron chi connectivity index (χ3n) is 3.68. The van der Waals surface area contributed by atoms with Crippen molar-refractivity contribution in [1.82, 2.24) is 10.2 Å². The second-order valence-electron chi connectivity index (χ2n) is 6.22. The molecule has 1 aliphatic rings. The molecular weight excluding hydrogens is 283 g/mol. The Morgan fingerprint density at radius 1 is 1.45 bits per heavy atom. The van der Waals surface area contributed by atoms with Crippen LogP contribution in [-0.2, 0) is 16.0 Å². The second-order valence-corrected chi connectivity index (χ2v) is 6.22. The van der Waals surface area contributed by atoms with Gasteiger partial charge < -0.3 is 10.1 Å². The maximum Gasteiger partial charge on any atom is 0.224 e. The third-order valence-corrected chi connectivity index (χ3v) is 3.68. The van der Waals surface area contributed by atoms with Crippen molar-refractivity contribution < 1.29 is 13.9 Å². The molecule has 0 saturated carbocycles. The molecule has 0 aromatic heterocycles. The number of carbonyl (C=O) groups excluding carboxylic acids is 1. The first-order valence-corrected chi connectivity index (χ1v) is 7.88. The molecule has 1 saturated heterocycles. The number of halogens is 1. The summed E-state index contributed by atoms with van der Waals surface area (Å²) < 4.78 is 19.2. The first-order valence-electron chi connectivity index (χ1n) is 7.88. The number of amides is 1. The van der Waals surface area contributed by atoms with Crippen LogP contribution in [0.25, 0.3) is 0 Å². The van der Waals surface area contributed by atoms with Crippen molar-refractivity contribution in [2.45, 2.75) is 26.4 Å². The molecule has 1 amide bonds. The zero-order valence-corrected chi connectivity index (χ0v) is 13.3. The van der Waals surface area contributed by atoms with E-state index >= 15 is 0 Å². The molecule has 1 atom stereocenters. The van der Waals surface area contributed by atoms with Gasteiger partial charge in [0.15, 0.2) is 0 Å². The number of benzene rings is 1. The summed E-state index contributed by atoms with van der Waals surface area (Å²) >= 11 is 0. The second kappa shape index (κ2) is 8.25. The highest BCUT2D eigenvalue weighted by atomic mass is 19.1. The fourth-order valence-electron chi connectivity index (χ4n) is 2.69. The minimum atomic E-state index is -0.338. The lowest BCUT2D eigenvalue weighted by Crippen LogP contribution is -2.48. The molecule has 4 nitrogen and oxygen atoms in total. The first kappa shape index (κ1) is 16.9. The maximum atomic E-state index is 13.5. The standard InChI is InChI=1S/C17H25FN2O2/c1-13(2)11-20-7-8-22-15(12-20)10-19-17(21)9-14-5-3-4-6-16(14)18/h3-6,13,15H,7-12H2,1-2H3,(H,19,21). The highest BCUT2D eigenvalue weighted by Gasteiger charge is 2.21. The zero-order chi connectivity index (χ0) is 15.9. The number of nitrogens with zero attached hydrogens (tertiary/aromatic N) is 1.